The molecular weight excluding hydrogens is 295 g/mol. The van der Waals surface area contributed by atoms with Crippen molar-refractivity contribution in [3.8, 4) is 0 Å². The van der Waals surface area contributed by atoms with E-state index in [0.29, 0.717) is 6.42 Å². The molecule has 0 spiro atoms. The highest BCUT2D eigenvalue weighted by Gasteiger charge is 2.32. The van der Waals surface area contributed by atoms with Gasteiger partial charge < -0.3 is 9.69 Å². The van der Waals surface area contributed by atoms with Crippen LogP contribution in [0.4, 0.5) is 10.1 Å². The van der Waals surface area contributed by atoms with Gasteiger partial charge in [0.15, 0.2) is 0 Å². The van der Waals surface area contributed by atoms with Gasteiger partial charge in [-0.05, 0) is 37.3 Å². The normalized spacial score (nSPS) is 25.7. The van der Waals surface area contributed by atoms with Crippen molar-refractivity contribution in [2.45, 2.75) is 24.9 Å². The third kappa shape index (κ3) is 3.64. The van der Waals surface area contributed by atoms with Gasteiger partial charge in [-0.15, -0.1) is 0 Å². The number of carbonyl (C=O) groups excluding carboxylic acids is 1. The van der Waals surface area contributed by atoms with Gasteiger partial charge in [0.25, 0.3) is 0 Å². The van der Waals surface area contributed by atoms with Crippen LogP contribution in [0.5, 0.6) is 0 Å². The molecular formula is C17H21FN4O. The maximum atomic E-state index is 13.0. The molecule has 1 aromatic rings. The third-order valence-electron chi connectivity index (χ3n) is 4.54. The van der Waals surface area contributed by atoms with Crippen molar-refractivity contribution in [2.75, 3.05) is 31.1 Å². The predicted octanol–water partition coefficient (Wildman–Crippen LogP) is 2.64. The molecule has 0 aliphatic carbocycles. The highest BCUT2D eigenvalue weighted by atomic mass is 19.1. The lowest BCUT2D eigenvalue weighted by atomic mass is 9.94. The largest absolute Gasteiger partial charge is 0.369 e. The fourth-order valence-corrected chi connectivity index (χ4v) is 3.15. The summed E-state index contributed by atoms with van der Waals surface area (Å²) >= 11 is 0. The van der Waals surface area contributed by atoms with E-state index in [1.807, 2.05) is 13.0 Å². The Hall–Kier alpha value is -2.08. The number of rotatable bonds is 5. The summed E-state index contributed by atoms with van der Waals surface area (Å²) in [5, 5.41) is 8.10. The van der Waals surface area contributed by atoms with Gasteiger partial charge in [-0.3, -0.25) is 4.90 Å². The van der Waals surface area contributed by atoms with Crippen LogP contribution >= 0.6 is 0 Å². The molecule has 2 heterocycles. The van der Waals surface area contributed by atoms with Crippen LogP contribution in [0.2, 0.25) is 0 Å². The zero-order valence-corrected chi connectivity index (χ0v) is 13.2. The molecule has 0 amide bonds. The smallest absolute Gasteiger partial charge is 0.137 e. The Kier molecular flexibility index (Phi) is 4.52. The van der Waals surface area contributed by atoms with Crippen molar-refractivity contribution in [2.24, 2.45) is 10.2 Å². The van der Waals surface area contributed by atoms with Crippen LogP contribution in [0.3, 0.4) is 0 Å². The number of aldehydes is 1. The predicted molar refractivity (Wildman–Crippen MR) is 87.1 cm³/mol. The number of nitrogens with zero attached hydrogens (tertiary/aromatic N) is 4. The zero-order valence-electron chi connectivity index (χ0n) is 13.2. The Morgan fingerprint density at radius 3 is 2.52 bits per heavy atom. The number of hydrogen-bond acceptors (Lipinski definition) is 5. The summed E-state index contributed by atoms with van der Waals surface area (Å²) in [6.07, 6.45) is 5.29. The second-order valence-electron chi connectivity index (χ2n) is 6.30. The first-order chi connectivity index (χ1) is 11.1. The maximum Gasteiger partial charge on any atom is 0.137 e. The maximum absolute atomic E-state index is 13.0. The first kappa shape index (κ1) is 15.8. The lowest BCUT2D eigenvalue weighted by Crippen LogP contribution is -2.52. The van der Waals surface area contributed by atoms with E-state index in [1.54, 1.807) is 18.3 Å². The molecule has 2 atom stereocenters. The zero-order chi connectivity index (χ0) is 16.3. The fraction of sp³-hybridized carbons (Fsp3) is 0.471. The number of carbonyl (C=O) groups is 1. The van der Waals surface area contributed by atoms with Crippen LogP contribution in [0.15, 0.2) is 46.8 Å². The molecule has 0 saturated carbocycles. The standard InChI is InChI=1S/C17H21FN4O/c1-17(6-7-19-20-17)12-16(13-23)22-10-8-21(9-11-22)15-4-2-14(18)3-5-15/h2-7,13,16H,8-12H2,1H3. The highest BCUT2D eigenvalue weighted by Crippen LogP contribution is 2.26. The second-order valence-corrected chi connectivity index (χ2v) is 6.30. The molecule has 6 heteroatoms. The monoisotopic (exact) mass is 316 g/mol. The summed E-state index contributed by atoms with van der Waals surface area (Å²) in [5.41, 5.74) is 0.646. The summed E-state index contributed by atoms with van der Waals surface area (Å²) in [4.78, 5) is 15.9. The number of azo groups is 1. The van der Waals surface area contributed by atoms with Crippen LogP contribution in [0.25, 0.3) is 0 Å². The summed E-state index contributed by atoms with van der Waals surface area (Å²) in [7, 11) is 0. The fourth-order valence-electron chi connectivity index (χ4n) is 3.15. The van der Waals surface area contributed by atoms with Crippen molar-refractivity contribution < 1.29 is 9.18 Å². The molecule has 1 saturated heterocycles. The molecule has 3 rings (SSSR count). The minimum atomic E-state index is -0.375. The van der Waals surface area contributed by atoms with E-state index in [9.17, 15) is 9.18 Å². The van der Waals surface area contributed by atoms with Crippen LogP contribution < -0.4 is 4.90 Å². The summed E-state index contributed by atoms with van der Waals surface area (Å²) in [6.45, 7) is 5.24. The van der Waals surface area contributed by atoms with Gasteiger partial charge in [0.2, 0.25) is 0 Å². The van der Waals surface area contributed by atoms with Crippen molar-refractivity contribution in [3.63, 3.8) is 0 Å². The Bertz CT molecular complexity index is 594. The number of piperazine rings is 1. The molecule has 2 unspecified atom stereocenters. The second kappa shape index (κ2) is 6.58. The van der Waals surface area contributed by atoms with Crippen molar-refractivity contribution in [1.29, 1.82) is 0 Å². The topological polar surface area (TPSA) is 48.3 Å². The molecule has 1 fully saturated rings. The Labute approximate surface area is 135 Å². The van der Waals surface area contributed by atoms with Gasteiger partial charge in [-0.1, -0.05) is 0 Å². The van der Waals surface area contributed by atoms with Gasteiger partial charge in [0.05, 0.1) is 6.04 Å². The van der Waals surface area contributed by atoms with E-state index in [4.69, 9.17) is 0 Å². The van der Waals surface area contributed by atoms with Gasteiger partial charge in [0, 0.05) is 44.5 Å². The third-order valence-corrected chi connectivity index (χ3v) is 4.54. The lowest BCUT2D eigenvalue weighted by molar-refractivity contribution is -0.113. The number of benzene rings is 1. The molecule has 23 heavy (non-hydrogen) atoms. The van der Waals surface area contributed by atoms with E-state index in [-0.39, 0.29) is 17.4 Å². The Morgan fingerprint density at radius 2 is 1.96 bits per heavy atom. The van der Waals surface area contributed by atoms with Gasteiger partial charge in [-0.25, -0.2) is 4.39 Å². The lowest BCUT2D eigenvalue weighted by Gasteiger charge is -2.39. The van der Waals surface area contributed by atoms with E-state index in [1.165, 1.54) is 12.1 Å². The quantitative estimate of drug-likeness (QED) is 0.785. The van der Waals surface area contributed by atoms with Crippen molar-refractivity contribution in [1.82, 2.24) is 4.90 Å². The number of halogens is 1. The summed E-state index contributed by atoms with van der Waals surface area (Å²) < 4.78 is 13.0. The SMILES string of the molecule is CC1(CC(C=O)N2CCN(c3ccc(F)cc3)CC2)C=CN=N1. The minimum absolute atomic E-state index is 0.155. The Balaban J connectivity index is 1.58. The molecule has 5 nitrogen and oxygen atoms in total. The van der Waals surface area contributed by atoms with Gasteiger partial charge >= 0.3 is 0 Å². The first-order valence-electron chi connectivity index (χ1n) is 7.89. The van der Waals surface area contributed by atoms with Crippen molar-refractivity contribution in [3.05, 3.63) is 42.4 Å². The molecule has 122 valence electrons. The molecule has 0 bridgehead atoms. The van der Waals surface area contributed by atoms with E-state index in [2.05, 4.69) is 20.0 Å². The van der Waals surface area contributed by atoms with Crippen LogP contribution in [-0.2, 0) is 4.79 Å². The summed E-state index contributed by atoms with van der Waals surface area (Å²) in [6, 6.07) is 6.40. The highest BCUT2D eigenvalue weighted by molar-refractivity contribution is 5.58. The van der Waals surface area contributed by atoms with Crippen LogP contribution in [0, 0.1) is 5.82 Å². The molecule has 0 N–H and O–H groups in total. The molecule has 0 aromatic heterocycles. The van der Waals surface area contributed by atoms with Crippen LogP contribution in [-0.4, -0.2) is 48.9 Å². The van der Waals surface area contributed by atoms with E-state index >= 15 is 0 Å². The van der Waals surface area contributed by atoms with E-state index in [0.717, 1.165) is 38.2 Å². The van der Waals surface area contributed by atoms with E-state index < -0.39 is 0 Å². The van der Waals surface area contributed by atoms with Crippen molar-refractivity contribution >= 4 is 12.0 Å². The molecule has 2 aliphatic heterocycles. The molecule has 2 aliphatic rings. The van der Waals surface area contributed by atoms with Gasteiger partial charge in [0.1, 0.15) is 17.6 Å². The average molecular weight is 316 g/mol. The number of hydrogen-bond donors (Lipinski definition) is 0. The first-order valence-corrected chi connectivity index (χ1v) is 7.89. The van der Waals surface area contributed by atoms with Gasteiger partial charge in [-0.2, -0.15) is 10.2 Å². The summed E-state index contributed by atoms with van der Waals surface area (Å²) in [5.74, 6) is -0.222. The Morgan fingerprint density at radius 1 is 1.26 bits per heavy atom. The molecule has 1 aromatic carbocycles. The average Bonchev–Trinajstić information content (AvgIpc) is 3.00. The minimum Gasteiger partial charge on any atom is -0.369 e. The van der Waals surface area contributed by atoms with Crippen LogP contribution in [0.1, 0.15) is 13.3 Å². The molecule has 0 radical (unpaired) electrons. The number of anilines is 1.